The van der Waals surface area contributed by atoms with Gasteiger partial charge in [-0.05, 0) is 45.7 Å². The fraction of sp³-hybridized carbons (Fsp3) is 0.643. The topological polar surface area (TPSA) is 48.4 Å². The lowest BCUT2D eigenvalue weighted by atomic mass is 9.81. The molecule has 0 bridgehead atoms. The molecule has 2 heterocycles. The van der Waals surface area contributed by atoms with Crippen molar-refractivity contribution in [3.8, 4) is 0 Å². The van der Waals surface area contributed by atoms with Crippen LogP contribution in [0.1, 0.15) is 38.8 Å². The quantitative estimate of drug-likeness (QED) is 0.794. The highest BCUT2D eigenvalue weighted by Crippen LogP contribution is 2.36. The summed E-state index contributed by atoms with van der Waals surface area (Å²) < 4.78 is 23.6. The molecule has 0 radical (unpaired) electrons. The Kier molecular flexibility index (Phi) is 4.11. The summed E-state index contributed by atoms with van der Waals surface area (Å²) >= 11 is 0. The summed E-state index contributed by atoms with van der Waals surface area (Å²) in [5.41, 5.74) is 1.93. The van der Waals surface area contributed by atoms with Gasteiger partial charge in [-0.25, -0.2) is 0 Å². The normalized spacial score (nSPS) is 22.0. The molecule has 2 rings (SSSR count). The first-order chi connectivity index (χ1) is 9.12. The lowest BCUT2D eigenvalue weighted by Gasteiger charge is -2.32. The molecule has 0 spiro atoms. The standard InChI is InChI=1S/C14H22BNO3S/c1-10-7-11(9-20(6)17)12(16-8-10)15-18-13(2,3)14(4,5)19-15/h7-8H,9H2,1-6H3. The summed E-state index contributed by atoms with van der Waals surface area (Å²) in [6, 6.07) is 2.01. The molecule has 4 nitrogen and oxygen atoms in total. The van der Waals surface area contributed by atoms with Crippen LogP contribution in [-0.2, 0) is 25.9 Å². The molecule has 1 atom stereocenters. The van der Waals surface area contributed by atoms with Gasteiger partial charge in [0.2, 0.25) is 0 Å². The van der Waals surface area contributed by atoms with Gasteiger partial charge in [0.1, 0.15) is 0 Å². The average Bonchev–Trinajstić information content (AvgIpc) is 2.46. The third-order valence-corrected chi connectivity index (χ3v) is 4.69. The van der Waals surface area contributed by atoms with E-state index in [9.17, 15) is 4.21 Å². The van der Waals surface area contributed by atoms with Gasteiger partial charge < -0.3 is 9.31 Å². The van der Waals surface area contributed by atoms with E-state index in [2.05, 4.69) is 4.98 Å². The Morgan fingerprint density at radius 3 is 2.30 bits per heavy atom. The highest BCUT2D eigenvalue weighted by atomic mass is 32.2. The fourth-order valence-corrected chi connectivity index (χ4v) is 2.81. The van der Waals surface area contributed by atoms with Crippen LogP contribution in [0, 0.1) is 6.92 Å². The first-order valence-electron chi connectivity index (χ1n) is 6.73. The molecular formula is C14H22BNO3S. The molecule has 1 unspecified atom stereocenters. The van der Waals surface area contributed by atoms with Crippen LogP contribution in [0.2, 0.25) is 0 Å². The molecule has 1 aromatic rings. The van der Waals surface area contributed by atoms with Crippen molar-refractivity contribution in [1.29, 1.82) is 0 Å². The molecule has 1 saturated heterocycles. The summed E-state index contributed by atoms with van der Waals surface area (Å²) in [5.74, 6) is 0.466. The van der Waals surface area contributed by atoms with Crippen LogP contribution >= 0.6 is 0 Å². The molecule has 0 aromatic carbocycles. The Hall–Kier alpha value is -0.715. The second kappa shape index (κ2) is 5.24. The predicted octanol–water partition coefficient (Wildman–Crippen LogP) is 1.57. The molecule has 0 N–H and O–H groups in total. The van der Waals surface area contributed by atoms with Crippen LogP contribution in [0.4, 0.5) is 0 Å². The van der Waals surface area contributed by atoms with Crippen LogP contribution in [0.25, 0.3) is 0 Å². The second-order valence-corrected chi connectivity index (χ2v) is 7.80. The van der Waals surface area contributed by atoms with Crippen LogP contribution in [0.5, 0.6) is 0 Å². The van der Waals surface area contributed by atoms with E-state index in [-0.39, 0.29) is 0 Å². The van der Waals surface area contributed by atoms with Crippen molar-refractivity contribution in [3.05, 3.63) is 23.4 Å². The highest BCUT2D eigenvalue weighted by Gasteiger charge is 2.52. The van der Waals surface area contributed by atoms with Crippen LogP contribution in [0.3, 0.4) is 0 Å². The second-order valence-electron chi connectivity index (χ2n) is 6.36. The molecule has 6 heteroatoms. The molecule has 0 aliphatic carbocycles. The first kappa shape index (κ1) is 15.7. The molecule has 1 fully saturated rings. The third kappa shape index (κ3) is 2.97. The van der Waals surface area contributed by atoms with Crippen molar-refractivity contribution in [2.24, 2.45) is 0 Å². The van der Waals surface area contributed by atoms with Crippen molar-refractivity contribution in [3.63, 3.8) is 0 Å². The summed E-state index contributed by atoms with van der Waals surface area (Å²) in [7, 11) is -1.43. The first-order valence-corrected chi connectivity index (χ1v) is 8.46. The van der Waals surface area contributed by atoms with E-state index in [4.69, 9.17) is 9.31 Å². The minimum Gasteiger partial charge on any atom is -0.398 e. The average molecular weight is 295 g/mol. The van der Waals surface area contributed by atoms with Gasteiger partial charge in [0.25, 0.3) is 0 Å². The monoisotopic (exact) mass is 295 g/mol. The lowest BCUT2D eigenvalue weighted by molar-refractivity contribution is 0.00578. The van der Waals surface area contributed by atoms with Crippen molar-refractivity contribution in [2.75, 3.05) is 6.26 Å². The summed E-state index contributed by atoms with van der Waals surface area (Å²) in [6.07, 6.45) is 3.48. The van der Waals surface area contributed by atoms with E-state index in [1.165, 1.54) is 0 Å². The molecule has 1 aliphatic heterocycles. The maximum atomic E-state index is 11.5. The van der Waals surface area contributed by atoms with Crippen molar-refractivity contribution >= 4 is 23.5 Å². The number of pyridine rings is 1. The molecule has 1 aromatic heterocycles. The van der Waals surface area contributed by atoms with Crippen molar-refractivity contribution < 1.29 is 13.5 Å². The van der Waals surface area contributed by atoms with E-state index < -0.39 is 29.1 Å². The minimum atomic E-state index is -0.925. The van der Waals surface area contributed by atoms with Gasteiger partial charge in [-0.3, -0.25) is 9.19 Å². The van der Waals surface area contributed by atoms with Gasteiger partial charge >= 0.3 is 7.12 Å². The Bertz CT molecular complexity index is 529. The third-order valence-electron chi connectivity index (χ3n) is 3.97. The SMILES string of the molecule is Cc1cnc(B2OC(C)(C)C(C)(C)O2)c(CS(C)=O)c1. The molecule has 110 valence electrons. The van der Waals surface area contributed by atoms with Gasteiger partial charge in [-0.2, -0.15) is 0 Å². The minimum absolute atomic E-state index is 0.396. The smallest absolute Gasteiger partial charge is 0.398 e. The zero-order chi connectivity index (χ0) is 15.1. The Balaban J connectivity index is 2.37. The van der Waals surface area contributed by atoms with Gasteiger partial charge in [-0.1, -0.05) is 6.07 Å². The van der Waals surface area contributed by atoms with E-state index in [0.717, 1.165) is 16.7 Å². The summed E-state index contributed by atoms with van der Waals surface area (Å²) in [5, 5.41) is 0. The van der Waals surface area contributed by atoms with Crippen LogP contribution in [-0.4, -0.2) is 33.8 Å². The highest BCUT2D eigenvalue weighted by molar-refractivity contribution is 7.83. The van der Waals surface area contributed by atoms with Gasteiger partial charge in [0, 0.05) is 29.0 Å². The number of nitrogens with zero attached hydrogens (tertiary/aromatic N) is 1. The number of hydrogen-bond donors (Lipinski definition) is 0. The van der Waals surface area contributed by atoms with Crippen LogP contribution in [0.15, 0.2) is 12.3 Å². The molecule has 1 aliphatic rings. The van der Waals surface area contributed by atoms with E-state index in [0.29, 0.717) is 5.75 Å². The van der Waals surface area contributed by atoms with E-state index in [1.54, 1.807) is 12.5 Å². The molecule has 0 amide bonds. The van der Waals surface area contributed by atoms with Crippen molar-refractivity contribution in [1.82, 2.24) is 4.98 Å². The number of rotatable bonds is 3. The van der Waals surface area contributed by atoms with Crippen LogP contribution < -0.4 is 5.59 Å². The van der Waals surface area contributed by atoms with Gasteiger partial charge in [0.05, 0.1) is 16.8 Å². The fourth-order valence-electron chi connectivity index (χ4n) is 2.14. The Labute approximate surface area is 123 Å². The Morgan fingerprint density at radius 1 is 1.25 bits per heavy atom. The largest absolute Gasteiger partial charge is 0.514 e. The predicted molar refractivity (Wildman–Crippen MR) is 82.5 cm³/mol. The number of hydrogen-bond acceptors (Lipinski definition) is 4. The van der Waals surface area contributed by atoms with Gasteiger partial charge in [-0.15, -0.1) is 0 Å². The maximum absolute atomic E-state index is 11.5. The number of aryl methyl sites for hydroxylation is 1. The molecule has 0 saturated carbocycles. The molecular weight excluding hydrogens is 273 g/mol. The zero-order valence-electron chi connectivity index (χ0n) is 13.0. The van der Waals surface area contributed by atoms with Crippen molar-refractivity contribution in [2.45, 2.75) is 51.6 Å². The number of aromatic nitrogens is 1. The van der Waals surface area contributed by atoms with E-state index >= 15 is 0 Å². The van der Waals surface area contributed by atoms with E-state index in [1.807, 2.05) is 40.7 Å². The summed E-state index contributed by atoms with van der Waals surface area (Å²) in [4.78, 5) is 4.46. The lowest BCUT2D eigenvalue weighted by Crippen LogP contribution is -2.41. The zero-order valence-corrected chi connectivity index (χ0v) is 13.8. The maximum Gasteiger partial charge on any atom is 0.514 e. The summed E-state index contributed by atoms with van der Waals surface area (Å²) in [6.45, 7) is 10.0. The Morgan fingerprint density at radius 2 is 1.80 bits per heavy atom. The molecule has 20 heavy (non-hydrogen) atoms. The van der Waals surface area contributed by atoms with Gasteiger partial charge in [0.15, 0.2) is 0 Å².